The molecule has 1 aromatic rings. The lowest BCUT2D eigenvalue weighted by atomic mass is 10.1. The summed E-state index contributed by atoms with van der Waals surface area (Å²) in [5.41, 5.74) is 0.492. The average Bonchev–Trinajstić information content (AvgIpc) is 2.47. The largest absolute Gasteiger partial charge is 0.282 e. The topological polar surface area (TPSA) is 17.1 Å². The van der Waals surface area contributed by atoms with Gasteiger partial charge in [0.25, 0.3) is 0 Å². The fourth-order valence-corrected chi connectivity index (χ4v) is 2.39. The van der Waals surface area contributed by atoms with Gasteiger partial charge in [-0.15, -0.1) is 0 Å². The minimum atomic E-state index is -2.03. The van der Waals surface area contributed by atoms with Crippen LogP contribution in [0.3, 0.4) is 0 Å². The quantitative estimate of drug-likeness (QED) is 0.665. The number of hydrogen-bond acceptors (Lipinski definition) is 2. The summed E-state index contributed by atoms with van der Waals surface area (Å²) in [5, 5.41) is -0.222. The maximum Gasteiger partial charge on any atom is 0.219 e. The fourth-order valence-electron chi connectivity index (χ4n) is 1.56. The van der Waals surface area contributed by atoms with Gasteiger partial charge in [0, 0.05) is 17.7 Å². The van der Waals surface area contributed by atoms with Gasteiger partial charge in [0.1, 0.15) is 25.2 Å². The Morgan fingerprint density at radius 2 is 1.75 bits per heavy atom. The molecule has 0 spiro atoms. The lowest BCUT2D eigenvalue weighted by Gasteiger charge is -2.14. The Kier molecular flexibility index (Phi) is 7.65. The maximum atomic E-state index is 13.4. The first-order chi connectivity index (χ1) is 9.54. The molecule has 0 aliphatic carbocycles. The third-order valence-corrected chi connectivity index (χ3v) is 3.61. The highest BCUT2D eigenvalue weighted by atomic mass is 32.2. The van der Waals surface area contributed by atoms with Gasteiger partial charge in [-0.2, -0.15) is 0 Å². The van der Waals surface area contributed by atoms with Crippen LogP contribution >= 0.6 is 11.8 Å². The van der Waals surface area contributed by atoms with E-state index < -0.39 is 31.6 Å². The van der Waals surface area contributed by atoms with Crippen molar-refractivity contribution in [3.8, 4) is 0 Å². The molecule has 1 nitrogen and oxygen atoms in total. The van der Waals surface area contributed by atoms with Crippen LogP contribution in [0.5, 0.6) is 0 Å². The normalized spacial score (nSPS) is 15.6. The average molecular weight is 308 g/mol. The van der Waals surface area contributed by atoms with Crippen LogP contribution in [0.2, 0.25) is 0 Å². The summed E-state index contributed by atoms with van der Waals surface area (Å²) in [5.74, 6) is 0.0991. The second-order valence-corrected chi connectivity index (χ2v) is 5.38. The minimum Gasteiger partial charge on any atom is -0.282 e. The molecular weight excluding hydrogens is 292 g/mol. The number of thioether (sulfide) groups is 1. The molecule has 0 aromatic heterocycles. The molecule has 1 aromatic carbocycles. The van der Waals surface area contributed by atoms with E-state index in [0.717, 1.165) is 11.8 Å². The highest BCUT2D eigenvalue weighted by Gasteiger charge is 2.24. The van der Waals surface area contributed by atoms with Gasteiger partial charge in [0.2, 0.25) is 5.12 Å². The van der Waals surface area contributed by atoms with E-state index in [9.17, 15) is 22.4 Å². The predicted molar refractivity (Wildman–Crippen MR) is 73.1 cm³/mol. The first-order valence-corrected chi connectivity index (χ1v) is 7.23. The van der Waals surface area contributed by atoms with Crippen LogP contribution in [0.4, 0.5) is 17.6 Å². The summed E-state index contributed by atoms with van der Waals surface area (Å²) in [7, 11) is 0. The molecule has 1 rings (SSSR count). The van der Waals surface area contributed by atoms with E-state index in [1.54, 1.807) is 30.3 Å². The molecule has 3 atom stereocenters. The molecule has 0 bridgehead atoms. The van der Waals surface area contributed by atoms with Gasteiger partial charge in [0.05, 0.1) is 0 Å². The van der Waals surface area contributed by atoms with Gasteiger partial charge < -0.3 is 0 Å². The summed E-state index contributed by atoms with van der Waals surface area (Å²) in [6.45, 7) is -1.31. The Morgan fingerprint density at radius 1 is 1.10 bits per heavy atom. The highest BCUT2D eigenvalue weighted by Crippen LogP contribution is 2.20. The zero-order valence-electron chi connectivity index (χ0n) is 10.8. The third-order valence-electron chi connectivity index (χ3n) is 2.68. The fraction of sp³-hybridized carbons (Fsp3) is 0.500. The Labute approximate surface area is 119 Å². The number of halogens is 4. The molecule has 6 heteroatoms. The molecule has 112 valence electrons. The number of carbonyl (C=O) groups excluding carboxylic acids is 1. The summed E-state index contributed by atoms with van der Waals surface area (Å²) < 4.78 is 51.0. The van der Waals surface area contributed by atoms with Crippen molar-refractivity contribution in [2.75, 3.05) is 12.4 Å². The second kappa shape index (κ2) is 9.00. The molecule has 20 heavy (non-hydrogen) atoms. The number of hydrogen-bond donors (Lipinski definition) is 0. The van der Waals surface area contributed by atoms with Crippen molar-refractivity contribution in [3.63, 3.8) is 0 Å². The molecule has 0 amide bonds. The van der Waals surface area contributed by atoms with E-state index in [0.29, 0.717) is 5.56 Å². The Morgan fingerprint density at radius 3 is 2.35 bits per heavy atom. The zero-order valence-corrected chi connectivity index (χ0v) is 11.6. The first-order valence-electron chi connectivity index (χ1n) is 6.25. The zero-order chi connectivity index (χ0) is 15.0. The molecule has 0 N–H and O–H groups in total. The van der Waals surface area contributed by atoms with Crippen molar-refractivity contribution in [1.29, 1.82) is 0 Å². The predicted octanol–water partition coefficient (Wildman–Crippen LogP) is 4.32. The Balaban J connectivity index is 2.28. The van der Waals surface area contributed by atoms with Crippen LogP contribution in [-0.4, -0.2) is 36.1 Å². The molecule has 0 saturated heterocycles. The van der Waals surface area contributed by atoms with Crippen LogP contribution in [0.25, 0.3) is 0 Å². The summed E-state index contributed by atoms with van der Waals surface area (Å²) in [6.07, 6.45) is -6.87. The van der Waals surface area contributed by atoms with Crippen molar-refractivity contribution < 1.29 is 22.4 Å². The van der Waals surface area contributed by atoms with E-state index >= 15 is 0 Å². The van der Waals surface area contributed by atoms with Crippen molar-refractivity contribution in [3.05, 3.63) is 35.9 Å². The van der Waals surface area contributed by atoms with E-state index in [4.69, 9.17) is 0 Å². The molecule has 0 aliphatic rings. The standard InChI is InChI=1S/C14H16F4OS/c15-9-11(16)8-13(18)12(17)6-7-20-14(19)10-4-2-1-3-5-10/h1-5,11-13H,6-9H2. The van der Waals surface area contributed by atoms with Crippen LogP contribution in [0.15, 0.2) is 30.3 Å². The molecule has 0 heterocycles. The highest BCUT2D eigenvalue weighted by molar-refractivity contribution is 8.14. The third kappa shape index (κ3) is 5.94. The van der Waals surface area contributed by atoms with Gasteiger partial charge in [-0.25, -0.2) is 17.6 Å². The smallest absolute Gasteiger partial charge is 0.219 e. The SMILES string of the molecule is O=C(SCCC(F)C(F)CC(F)CF)c1ccccc1. The van der Waals surface area contributed by atoms with Crippen molar-refractivity contribution in [1.82, 2.24) is 0 Å². The lowest BCUT2D eigenvalue weighted by Crippen LogP contribution is -2.23. The van der Waals surface area contributed by atoms with Gasteiger partial charge >= 0.3 is 0 Å². The molecule has 0 radical (unpaired) electrons. The van der Waals surface area contributed by atoms with Gasteiger partial charge in [-0.1, -0.05) is 42.1 Å². The van der Waals surface area contributed by atoms with Crippen molar-refractivity contribution >= 4 is 16.9 Å². The van der Waals surface area contributed by atoms with E-state index in [1.807, 2.05) is 0 Å². The van der Waals surface area contributed by atoms with Gasteiger partial charge in [-0.05, 0) is 6.42 Å². The van der Waals surface area contributed by atoms with Crippen LogP contribution in [-0.2, 0) is 0 Å². The molecular formula is C14H16F4OS. The summed E-state index contributed by atoms with van der Waals surface area (Å²) in [4.78, 5) is 11.7. The van der Waals surface area contributed by atoms with Gasteiger partial charge in [0.15, 0.2) is 0 Å². The number of rotatable bonds is 8. The van der Waals surface area contributed by atoms with Crippen LogP contribution < -0.4 is 0 Å². The molecule has 0 saturated carbocycles. The van der Waals surface area contributed by atoms with E-state index in [2.05, 4.69) is 0 Å². The van der Waals surface area contributed by atoms with Crippen LogP contribution in [0, 0.1) is 0 Å². The second-order valence-electron chi connectivity index (χ2n) is 4.31. The first kappa shape index (κ1) is 17.0. The molecule has 3 unspecified atom stereocenters. The van der Waals surface area contributed by atoms with Crippen molar-refractivity contribution in [2.45, 2.75) is 31.4 Å². The van der Waals surface area contributed by atoms with E-state index in [1.165, 1.54) is 0 Å². The van der Waals surface area contributed by atoms with E-state index in [-0.39, 0.29) is 17.3 Å². The summed E-state index contributed by atoms with van der Waals surface area (Å²) >= 11 is 0.886. The van der Waals surface area contributed by atoms with Gasteiger partial charge in [-0.3, -0.25) is 4.79 Å². The van der Waals surface area contributed by atoms with Crippen molar-refractivity contribution in [2.24, 2.45) is 0 Å². The Hall–Kier alpha value is -1.04. The number of benzene rings is 1. The summed E-state index contributed by atoms with van der Waals surface area (Å²) in [6, 6.07) is 8.46. The minimum absolute atomic E-state index is 0.0991. The monoisotopic (exact) mass is 308 g/mol. The number of carbonyl (C=O) groups is 1. The van der Waals surface area contributed by atoms with Crippen LogP contribution in [0.1, 0.15) is 23.2 Å². The number of alkyl halides is 4. The Bertz CT molecular complexity index is 401. The molecule has 0 fully saturated rings. The maximum absolute atomic E-state index is 13.4. The molecule has 0 aliphatic heterocycles. The lowest BCUT2D eigenvalue weighted by molar-refractivity contribution is 0.108.